The number of aliphatic hydroxyl groups excluding tert-OH is 1. The van der Waals surface area contributed by atoms with Gasteiger partial charge in [0.1, 0.15) is 0 Å². The van der Waals surface area contributed by atoms with Gasteiger partial charge < -0.3 is 5.11 Å². The van der Waals surface area contributed by atoms with Gasteiger partial charge in [0.15, 0.2) is 0 Å². The van der Waals surface area contributed by atoms with Gasteiger partial charge in [-0.3, -0.25) is 4.98 Å². The lowest BCUT2D eigenvalue weighted by Crippen LogP contribution is -1.85. The molecular formula is C14H23NO. The second-order valence-electron chi connectivity index (χ2n) is 2.47. The molecule has 0 aromatic carbocycles. The highest BCUT2D eigenvalue weighted by Gasteiger charge is 1.95. The van der Waals surface area contributed by atoms with Crippen LogP contribution in [0.25, 0.3) is 12.2 Å². The summed E-state index contributed by atoms with van der Waals surface area (Å²) in [5.41, 5.74) is 1.67. The Morgan fingerprint density at radius 3 is 2.31 bits per heavy atom. The van der Waals surface area contributed by atoms with Crippen LogP contribution >= 0.6 is 0 Å². The number of rotatable bonds is 2. The Bertz CT molecular complexity index is 312. The van der Waals surface area contributed by atoms with E-state index in [0.29, 0.717) is 0 Å². The molecule has 0 fully saturated rings. The van der Waals surface area contributed by atoms with Gasteiger partial charge >= 0.3 is 0 Å². The third-order valence-electron chi connectivity index (χ3n) is 1.43. The van der Waals surface area contributed by atoms with Gasteiger partial charge in [0, 0.05) is 11.8 Å². The molecule has 1 N–H and O–H groups in total. The molecule has 0 aliphatic rings. The lowest BCUT2D eigenvalue weighted by atomic mass is 10.2. The van der Waals surface area contributed by atoms with Crippen LogP contribution in [0.15, 0.2) is 30.7 Å². The summed E-state index contributed by atoms with van der Waals surface area (Å²) in [7, 11) is 0. The predicted molar refractivity (Wildman–Crippen MR) is 73.3 cm³/mol. The minimum Gasteiger partial charge on any atom is -0.513 e. The van der Waals surface area contributed by atoms with Crippen molar-refractivity contribution < 1.29 is 5.11 Å². The number of aliphatic hydroxyl groups is 1. The Balaban J connectivity index is 0. The Morgan fingerprint density at radius 2 is 1.88 bits per heavy atom. The predicted octanol–water partition coefficient (Wildman–Crippen LogP) is 4.70. The largest absolute Gasteiger partial charge is 0.513 e. The van der Waals surface area contributed by atoms with Crippen LogP contribution in [-0.2, 0) is 0 Å². The summed E-state index contributed by atoms with van der Waals surface area (Å²) in [6, 6.07) is 3.70. The molecular weight excluding hydrogens is 198 g/mol. The third-order valence-corrected chi connectivity index (χ3v) is 1.43. The van der Waals surface area contributed by atoms with Crippen molar-refractivity contribution in [1.82, 2.24) is 4.98 Å². The molecule has 90 valence electrons. The summed E-state index contributed by atoms with van der Waals surface area (Å²) >= 11 is 0. The topological polar surface area (TPSA) is 33.1 Å². The zero-order valence-electron chi connectivity index (χ0n) is 11.0. The van der Waals surface area contributed by atoms with Crippen LogP contribution in [0.4, 0.5) is 0 Å². The van der Waals surface area contributed by atoms with Crippen LogP contribution in [0.3, 0.4) is 0 Å². The number of allylic oxidation sites excluding steroid dienone is 1. The molecule has 1 aromatic heterocycles. The molecule has 1 aromatic rings. The maximum atomic E-state index is 9.02. The van der Waals surface area contributed by atoms with E-state index in [2.05, 4.69) is 11.6 Å². The highest BCUT2D eigenvalue weighted by atomic mass is 16.3. The van der Waals surface area contributed by atoms with Crippen LogP contribution in [0.1, 0.15) is 45.9 Å². The van der Waals surface area contributed by atoms with Gasteiger partial charge in [0.05, 0.1) is 11.5 Å². The minimum absolute atomic E-state index is 0.270. The zero-order chi connectivity index (χ0) is 13.0. The SMILES string of the molecule is C=Cc1ncccc1/C=C(\C)O.CC.CC. The quantitative estimate of drug-likeness (QED) is 0.734. The first-order valence-corrected chi connectivity index (χ1v) is 5.69. The van der Waals surface area contributed by atoms with Gasteiger partial charge in [0.2, 0.25) is 0 Å². The second kappa shape index (κ2) is 11.5. The van der Waals surface area contributed by atoms with Crippen molar-refractivity contribution in [1.29, 1.82) is 0 Å². The summed E-state index contributed by atoms with van der Waals surface area (Å²) in [5, 5.41) is 9.02. The molecule has 0 radical (unpaired) electrons. The van der Waals surface area contributed by atoms with E-state index in [0.717, 1.165) is 11.3 Å². The molecule has 0 bridgehead atoms. The van der Waals surface area contributed by atoms with Crippen molar-refractivity contribution in [2.45, 2.75) is 34.6 Å². The fourth-order valence-electron chi connectivity index (χ4n) is 0.948. The molecule has 0 atom stereocenters. The summed E-state index contributed by atoms with van der Waals surface area (Å²) in [4.78, 5) is 4.08. The third kappa shape index (κ3) is 6.82. The fourth-order valence-corrected chi connectivity index (χ4v) is 0.948. The van der Waals surface area contributed by atoms with E-state index in [9.17, 15) is 0 Å². The minimum atomic E-state index is 0.270. The maximum Gasteiger partial charge on any atom is 0.0898 e. The first kappa shape index (κ1) is 16.8. The molecule has 0 spiro atoms. The van der Waals surface area contributed by atoms with Crippen LogP contribution in [0.5, 0.6) is 0 Å². The van der Waals surface area contributed by atoms with Gasteiger partial charge in [-0.2, -0.15) is 0 Å². The lowest BCUT2D eigenvalue weighted by molar-refractivity contribution is 0.420. The van der Waals surface area contributed by atoms with Crippen molar-refractivity contribution in [3.63, 3.8) is 0 Å². The standard InChI is InChI=1S/C10H11NO.2C2H6/c1-3-10-9(7-8(2)12)5-4-6-11-10;2*1-2/h3-7,12H,1H2,2H3;2*1-2H3/b8-7+;;. The molecule has 0 saturated heterocycles. The molecule has 0 aliphatic carbocycles. The van der Waals surface area contributed by atoms with Crippen molar-refractivity contribution in [3.05, 3.63) is 41.9 Å². The molecule has 1 heterocycles. The number of hydrogen-bond acceptors (Lipinski definition) is 2. The molecule has 1 rings (SSSR count). The van der Waals surface area contributed by atoms with E-state index in [1.54, 1.807) is 25.3 Å². The molecule has 0 saturated carbocycles. The van der Waals surface area contributed by atoms with E-state index in [4.69, 9.17) is 5.11 Å². The Hall–Kier alpha value is -1.57. The summed E-state index contributed by atoms with van der Waals surface area (Å²) in [5.74, 6) is 0.270. The maximum absolute atomic E-state index is 9.02. The van der Waals surface area contributed by atoms with Gasteiger partial charge in [0.25, 0.3) is 0 Å². The lowest BCUT2D eigenvalue weighted by Gasteiger charge is -1.98. The molecule has 0 amide bonds. The fraction of sp³-hybridized carbons (Fsp3) is 0.357. The van der Waals surface area contributed by atoms with Crippen LogP contribution in [0, 0.1) is 0 Å². The van der Waals surface area contributed by atoms with Crippen LogP contribution < -0.4 is 0 Å². The Morgan fingerprint density at radius 1 is 1.31 bits per heavy atom. The molecule has 2 nitrogen and oxygen atoms in total. The first-order valence-electron chi connectivity index (χ1n) is 5.69. The van der Waals surface area contributed by atoms with Crippen LogP contribution in [0.2, 0.25) is 0 Å². The zero-order valence-corrected chi connectivity index (χ0v) is 11.0. The monoisotopic (exact) mass is 221 g/mol. The average Bonchev–Trinajstić information content (AvgIpc) is 2.34. The molecule has 0 aliphatic heterocycles. The van der Waals surface area contributed by atoms with Gasteiger partial charge in [-0.25, -0.2) is 0 Å². The second-order valence-corrected chi connectivity index (χ2v) is 2.47. The van der Waals surface area contributed by atoms with E-state index in [-0.39, 0.29) is 5.76 Å². The van der Waals surface area contributed by atoms with Crippen molar-refractivity contribution in [2.24, 2.45) is 0 Å². The van der Waals surface area contributed by atoms with Crippen LogP contribution in [-0.4, -0.2) is 10.1 Å². The first-order chi connectivity index (χ1) is 7.74. The highest BCUT2D eigenvalue weighted by Crippen LogP contribution is 2.10. The van der Waals surface area contributed by atoms with Gasteiger partial charge in [-0.15, -0.1) is 0 Å². The summed E-state index contributed by atoms with van der Waals surface area (Å²) < 4.78 is 0. The summed E-state index contributed by atoms with van der Waals surface area (Å²) in [6.07, 6.45) is 5.01. The number of aromatic nitrogens is 1. The number of nitrogens with zero attached hydrogens (tertiary/aromatic N) is 1. The van der Waals surface area contributed by atoms with Crippen molar-refractivity contribution in [3.8, 4) is 0 Å². The Kier molecular flexibility index (Phi) is 12.1. The molecule has 0 unspecified atom stereocenters. The smallest absolute Gasteiger partial charge is 0.0898 e. The Labute approximate surface area is 99.4 Å². The van der Waals surface area contributed by atoms with Gasteiger partial charge in [-0.1, -0.05) is 40.3 Å². The van der Waals surface area contributed by atoms with E-state index in [1.807, 2.05) is 39.8 Å². The van der Waals surface area contributed by atoms with E-state index in [1.165, 1.54) is 0 Å². The van der Waals surface area contributed by atoms with Crippen molar-refractivity contribution in [2.75, 3.05) is 0 Å². The highest BCUT2D eigenvalue weighted by molar-refractivity contribution is 5.61. The number of pyridine rings is 1. The summed E-state index contributed by atoms with van der Waals surface area (Å²) in [6.45, 7) is 13.3. The average molecular weight is 221 g/mol. The van der Waals surface area contributed by atoms with E-state index >= 15 is 0 Å². The van der Waals surface area contributed by atoms with E-state index < -0.39 is 0 Å². The normalized spacial score (nSPS) is 9.19. The number of hydrogen-bond donors (Lipinski definition) is 1. The van der Waals surface area contributed by atoms with Crippen molar-refractivity contribution >= 4 is 12.2 Å². The molecule has 16 heavy (non-hydrogen) atoms. The van der Waals surface area contributed by atoms with Gasteiger partial charge in [-0.05, 0) is 25.1 Å². The molecule has 2 heteroatoms.